The summed E-state index contributed by atoms with van der Waals surface area (Å²) in [5, 5.41) is 9.35. The number of carbonyl (C=O) groups excluding carboxylic acids is 1. The number of nitrogens with zero attached hydrogens (tertiary/aromatic N) is 2. The lowest BCUT2D eigenvalue weighted by Gasteiger charge is -2.20. The van der Waals surface area contributed by atoms with Crippen LogP contribution in [0.2, 0.25) is 0 Å². The van der Waals surface area contributed by atoms with E-state index in [0.717, 1.165) is 9.69 Å². The Labute approximate surface area is 144 Å². The van der Waals surface area contributed by atoms with E-state index in [1.54, 1.807) is 30.5 Å². The molecule has 3 aromatic rings. The van der Waals surface area contributed by atoms with Gasteiger partial charge in [-0.1, -0.05) is 6.07 Å². The molecule has 25 heavy (non-hydrogen) atoms. The van der Waals surface area contributed by atoms with Crippen molar-refractivity contribution in [3.63, 3.8) is 0 Å². The molecule has 1 heterocycles. The molecule has 0 aliphatic carbocycles. The summed E-state index contributed by atoms with van der Waals surface area (Å²) in [6.07, 6.45) is 1.65. The van der Waals surface area contributed by atoms with Crippen LogP contribution in [0.5, 0.6) is 0 Å². The quantitative estimate of drug-likeness (QED) is 0.551. The summed E-state index contributed by atoms with van der Waals surface area (Å²) < 4.78 is 26.8. The zero-order chi connectivity index (χ0) is 18.0. The van der Waals surface area contributed by atoms with E-state index in [0.29, 0.717) is 11.2 Å². The summed E-state index contributed by atoms with van der Waals surface area (Å²) in [7, 11) is -2.33. The maximum atomic E-state index is 12.8. The Bertz CT molecular complexity index is 1030. The number of nitrogens with one attached hydrogen (secondary N) is 1. The average Bonchev–Trinajstić information content (AvgIpc) is 2.66. The summed E-state index contributed by atoms with van der Waals surface area (Å²) in [5.74, 6) is -0.668. The van der Waals surface area contributed by atoms with Crippen LogP contribution in [0.4, 0.5) is 5.69 Å². The summed E-state index contributed by atoms with van der Waals surface area (Å²) in [5.41, 5.74) is 2.84. The SMILES string of the molecule is CN(c1ccc(C(=O)NO)cc1)S(=O)(=O)c1ccc2ncccc2c1. The third kappa shape index (κ3) is 3.17. The number of amides is 1. The molecule has 0 saturated carbocycles. The summed E-state index contributed by atoms with van der Waals surface area (Å²) >= 11 is 0. The van der Waals surface area contributed by atoms with Gasteiger partial charge in [-0.2, -0.15) is 0 Å². The summed E-state index contributed by atoms with van der Waals surface area (Å²) in [6, 6.07) is 14.1. The van der Waals surface area contributed by atoms with E-state index in [-0.39, 0.29) is 10.5 Å². The number of hydrogen-bond donors (Lipinski definition) is 2. The number of pyridine rings is 1. The number of anilines is 1. The molecular formula is C17H15N3O4S. The van der Waals surface area contributed by atoms with Crippen LogP contribution in [0.1, 0.15) is 10.4 Å². The van der Waals surface area contributed by atoms with Crippen molar-refractivity contribution in [2.45, 2.75) is 4.90 Å². The third-order valence-electron chi connectivity index (χ3n) is 3.83. The molecule has 0 spiro atoms. The van der Waals surface area contributed by atoms with Crippen molar-refractivity contribution in [3.8, 4) is 0 Å². The molecule has 0 fully saturated rings. The third-order valence-corrected chi connectivity index (χ3v) is 5.61. The van der Waals surface area contributed by atoms with E-state index in [4.69, 9.17) is 5.21 Å². The molecule has 0 unspecified atom stereocenters. The van der Waals surface area contributed by atoms with Crippen LogP contribution >= 0.6 is 0 Å². The molecule has 3 rings (SSSR count). The molecule has 0 aliphatic heterocycles. The Morgan fingerprint density at radius 3 is 2.52 bits per heavy atom. The normalized spacial score (nSPS) is 11.3. The van der Waals surface area contributed by atoms with Crippen molar-refractivity contribution in [3.05, 3.63) is 66.4 Å². The van der Waals surface area contributed by atoms with Gasteiger partial charge in [-0.3, -0.25) is 19.3 Å². The Morgan fingerprint density at radius 1 is 1.12 bits per heavy atom. The van der Waals surface area contributed by atoms with Crippen molar-refractivity contribution in [2.24, 2.45) is 0 Å². The van der Waals surface area contributed by atoms with Crippen LogP contribution in [0.25, 0.3) is 10.9 Å². The van der Waals surface area contributed by atoms with E-state index in [2.05, 4.69) is 4.98 Å². The second-order valence-corrected chi connectivity index (χ2v) is 7.29. The maximum absolute atomic E-state index is 12.8. The van der Waals surface area contributed by atoms with Crippen LogP contribution < -0.4 is 9.79 Å². The van der Waals surface area contributed by atoms with Crippen LogP contribution in [-0.2, 0) is 10.0 Å². The smallest absolute Gasteiger partial charge is 0.274 e. The molecule has 2 N–H and O–H groups in total. The number of carbonyl (C=O) groups is 1. The number of benzene rings is 2. The molecule has 0 aliphatic rings. The second-order valence-electron chi connectivity index (χ2n) is 5.32. The molecular weight excluding hydrogens is 342 g/mol. The van der Waals surface area contributed by atoms with Gasteiger partial charge in [0.25, 0.3) is 15.9 Å². The van der Waals surface area contributed by atoms with Gasteiger partial charge in [-0.05, 0) is 48.5 Å². The monoisotopic (exact) mass is 357 g/mol. The minimum Gasteiger partial charge on any atom is -0.288 e. The van der Waals surface area contributed by atoms with Crippen LogP contribution in [0.15, 0.2) is 65.7 Å². The first-order valence-electron chi connectivity index (χ1n) is 7.32. The Kier molecular flexibility index (Phi) is 4.39. The number of hydrogen-bond acceptors (Lipinski definition) is 5. The first-order valence-corrected chi connectivity index (χ1v) is 8.76. The maximum Gasteiger partial charge on any atom is 0.274 e. The number of hydroxylamine groups is 1. The largest absolute Gasteiger partial charge is 0.288 e. The highest BCUT2D eigenvalue weighted by Gasteiger charge is 2.22. The van der Waals surface area contributed by atoms with Crippen molar-refractivity contribution in [1.29, 1.82) is 0 Å². The topological polar surface area (TPSA) is 99.6 Å². The standard InChI is InChI=1S/C17H15N3O4S/c1-20(14-6-4-12(5-7-14)17(21)19-22)25(23,24)15-8-9-16-13(11-15)3-2-10-18-16/h2-11,22H,1H3,(H,19,21). The average molecular weight is 357 g/mol. The van der Waals surface area contributed by atoms with Gasteiger partial charge in [0.15, 0.2) is 0 Å². The van der Waals surface area contributed by atoms with Gasteiger partial charge < -0.3 is 0 Å². The lowest BCUT2D eigenvalue weighted by molar-refractivity contribution is 0.0706. The van der Waals surface area contributed by atoms with Gasteiger partial charge in [0.2, 0.25) is 0 Å². The molecule has 2 aromatic carbocycles. The van der Waals surface area contributed by atoms with Gasteiger partial charge in [0, 0.05) is 24.2 Å². The fourth-order valence-electron chi connectivity index (χ4n) is 2.40. The molecule has 7 nitrogen and oxygen atoms in total. The molecule has 0 saturated heterocycles. The zero-order valence-electron chi connectivity index (χ0n) is 13.2. The van der Waals surface area contributed by atoms with Crippen LogP contribution in [0, 0.1) is 0 Å². The Balaban J connectivity index is 1.96. The molecule has 1 amide bonds. The van der Waals surface area contributed by atoms with Gasteiger partial charge >= 0.3 is 0 Å². The molecule has 0 atom stereocenters. The molecule has 1 aromatic heterocycles. The Hall–Kier alpha value is -2.97. The molecule has 128 valence electrons. The number of fused-ring (bicyclic) bond motifs is 1. The Morgan fingerprint density at radius 2 is 1.84 bits per heavy atom. The lowest BCUT2D eigenvalue weighted by Crippen LogP contribution is -2.26. The van der Waals surface area contributed by atoms with Gasteiger partial charge in [0.05, 0.1) is 16.1 Å². The van der Waals surface area contributed by atoms with Crippen molar-refractivity contribution >= 4 is 32.5 Å². The molecule has 8 heteroatoms. The van der Waals surface area contributed by atoms with Crippen molar-refractivity contribution < 1.29 is 18.4 Å². The highest BCUT2D eigenvalue weighted by Crippen LogP contribution is 2.24. The molecule has 0 radical (unpaired) electrons. The fraction of sp³-hybridized carbons (Fsp3) is 0.0588. The molecule has 0 bridgehead atoms. The number of sulfonamides is 1. The summed E-state index contributed by atoms with van der Waals surface area (Å²) in [6.45, 7) is 0. The van der Waals surface area contributed by atoms with Crippen LogP contribution in [-0.4, -0.2) is 31.6 Å². The lowest BCUT2D eigenvalue weighted by atomic mass is 10.2. The fourth-order valence-corrected chi connectivity index (χ4v) is 3.63. The van der Waals surface area contributed by atoms with Gasteiger partial charge in [-0.25, -0.2) is 13.9 Å². The predicted octanol–water partition coefficient (Wildman–Crippen LogP) is 2.18. The highest BCUT2D eigenvalue weighted by molar-refractivity contribution is 7.92. The number of rotatable bonds is 4. The van der Waals surface area contributed by atoms with E-state index in [1.807, 2.05) is 0 Å². The van der Waals surface area contributed by atoms with Crippen molar-refractivity contribution in [2.75, 3.05) is 11.4 Å². The van der Waals surface area contributed by atoms with E-state index < -0.39 is 15.9 Å². The van der Waals surface area contributed by atoms with Gasteiger partial charge in [-0.15, -0.1) is 0 Å². The second kappa shape index (κ2) is 6.50. The minimum absolute atomic E-state index is 0.146. The van der Waals surface area contributed by atoms with Crippen LogP contribution in [0.3, 0.4) is 0 Å². The van der Waals surface area contributed by atoms with Crippen molar-refractivity contribution in [1.82, 2.24) is 10.5 Å². The zero-order valence-corrected chi connectivity index (χ0v) is 14.1. The summed E-state index contributed by atoms with van der Waals surface area (Å²) in [4.78, 5) is 15.7. The van der Waals surface area contributed by atoms with E-state index >= 15 is 0 Å². The van der Waals surface area contributed by atoms with E-state index in [1.165, 1.54) is 42.9 Å². The number of aromatic nitrogens is 1. The first kappa shape index (κ1) is 16.9. The predicted molar refractivity (Wildman–Crippen MR) is 93.0 cm³/mol. The first-order chi connectivity index (χ1) is 11.9. The highest BCUT2D eigenvalue weighted by atomic mass is 32.2. The van der Waals surface area contributed by atoms with Gasteiger partial charge in [0.1, 0.15) is 0 Å². The minimum atomic E-state index is -3.77. The van der Waals surface area contributed by atoms with E-state index in [9.17, 15) is 13.2 Å².